The molecule has 120 valence electrons. The van der Waals surface area contributed by atoms with E-state index in [0.717, 1.165) is 11.3 Å². The Morgan fingerprint density at radius 3 is 2.12 bits per heavy atom. The first-order chi connectivity index (χ1) is 11.6. The minimum Gasteiger partial charge on any atom is -0.300 e. The molecule has 0 spiro atoms. The van der Waals surface area contributed by atoms with E-state index >= 15 is 0 Å². The third-order valence-electron chi connectivity index (χ3n) is 3.57. The van der Waals surface area contributed by atoms with Crippen molar-refractivity contribution in [3.05, 3.63) is 71.9 Å². The van der Waals surface area contributed by atoms with Gasteiger partial charge in [-0.3, -0.25) is 15.6 Å². The van der Waals surface area contributed by atoms with Crippen molar-refractivity contribution in [2.24, 2.45) is 0 Å². The molecule has 0 fully saturated rings. The first kappa shape index (κ1) is 15.7. The van der Waals surface area contributed by atoms with Crippen molar-refractivity contribution >= 4 is 17.3 Å². The van der Waals surface area contributed by atoms with E-state index in [1.165, 1.54) is 6.92 Å². The van der Waals surface area contributed by atoms with Gasteiger partial charge in [0.25, 0.3) is 0 Å². The van der Waals surface area contributed by atoms with Crippen molar-refractivity contribution in [3.8, 4) is 11.4 Å². The summed E-state index contributed by atoms with van der Waals surface area (Å²) < 4.78 is 0. The third kappa shape index (κ3) is 3.41. The van der Waals surface area contributed by atoms with Gasteiger partial charge in [-0.05, 0) is 26.0 Å². The first-order valence-electron chi connectivity index (χ1n) is 7.67. The highest BCUT2D eigenvalue weighted by Crippen LogP contribution is 2.23. The number of hydrogen-bond donors (Lipinski definition) is 2. The number of carbonyl (C=O) groups excluding carboxylic acids is 1. The van der Waals surface area contributed by atoms with Crippen LogP contribution in [0.3, 0.4) is 0 Å². The number of rotatable bonds is 5. The maximum atomic E-state index is 12.0. The number of nitrogens with one attached hydrogen (secondary N) is 2. The molecule has 3 rings (SSSR count). The molecule has 0 saturated heterocycles. The number of carbonyl (C=O) groups is 1. The summed E-state index contributed by atoms with van der Waals surface area (Å²) in [7, 11) is 0. The van der Waals surface area contributed by atoms with E-state index in [0.29, 0.717) is 22.9 Å². The molecule has 2 aromatic carbocycles. The highest BCUT2D eigenvalue weighted by atomic mass is 16.1. The van der Waals surface area contributed by atoms with Crippen LogP contribution in [0.5, 0.6) is 0 Å². The summed E-state index contributed by atoms with van der Waals surface area (Å²) in [5.74, 6) is 0.970. The Morgan fingerprint density at radius 1 is 0.875 bits per heavy atom. The molecule has 0 unspecified atom stereocenters. The number of Topliss-reactive ketones (excluding diaryl/α,β-unsaturated/α-hetero) is 1. The van der Waals surface area contributed by atoms with Crippen LogP contribution >= 0.6 is 0 Å². The van der Waals surface area contributed by atoms with Gasteiger partial charge in [-0.1, -0.05) is 48.5 Å². The molecular formula is C19H18N4O. The lowest BCUT2D eigenvalue weighted by molar-refractivity contribution is 0.101. The Hall–Kier alpha value is -3.21. The summed E-state index contributed by atoms with van der Waals surface area (Å²) in [5.41, 5.74) is 9.02. The molecule has 0 saturated carbocycles. The second-order valence-electron chi connectivity index (χ2n) is 5.39. The average molecular weight is 318 g/mol. The van der Waals surface area contributed by atoms with Crippen LogP contribution in [0.4, 0.5) is 11.5 Å². The van der Waals surface area contributed by atoms with Gasteiger partial charge in [-0.2, -0.15) is 0 Å². The fourth-order valence-corrected chi connectivity index (χ4v) is 2.45. The first-order valence-corrected chi connectivity index (χ1v) is 7.67. The van der Waals surface area contributed by atoms with E-state index in [-0.39, 0.29) is 5.78 Å². The summed E-state index contributed by atoms with van der Waals surface area (Å²) in [6, 6.07) is 19.3. The monoisotopic (exact) mass is 318 g/mol. The zero-order valence-corrected chi connectivity index (χ0v) is 13.6. The number of hydrogen-bond acceptors (Lipinski definition) is 5. The molecule has 2 N–H and O–H groups in total. The summed E-state index contributed by atoms with van der Waals surface area (Å²) >= 11 is 0. The largest absolute Gasteiger partial charge is 0.300 e. The van der Waals surface area contributed by atoms with Gasteiger partial charge in [0.2, 0.25) is 0 Å². The number of aryl methyl sites for hydroxylation is 1. The molecule has 0 aliphatic carbocycles. The van der Waals surface area contributed by atoms with Crippen molar-refractivity contribution < 1.29 is 4.79 Å². The Kier molecular flexibility index (Phi) is 4.52. The maximum absolute atomic E-state index is 12.0. The van der Waals surface area contributed by atoms with E-state index in [1.54, 1.807) is 0 Å². The highest BCUT2D eigenvalue weighted by molar-refractivity contribution is 6.00. The third-order valence-corrected chi connectivity index (χ3v) is 3.57. The summed E-state index contributed by atoms with van der Waals surface area (Å²) in [5, 5.41) is 0. The molecule has 24 heavy (non-hydrogen) atoms. The fourth-order valence-electron chi connectivity index (χ4n) is 2.45. The molecule has 5 nitrogen and oxygen atoms in total. The number of nitrogens with zero attached hydrogens (tertiary/aromatic N) is 2. The van der Waals surface area contributed by atoms with E-state index in [1.807, 2.05) is 67.6 Å². The molecule has 0 radical (unpaired) electrons. The Bertz CT molecular complexity index is 848. The second kappa shape index (κ2) is 6.91. The lowest BCUT2D eigenvalue weighted by Crippen LogP contribution is -2.16. The molecule has 0 aliphatic rings. The van der Waals surface area contributed by atoms with Crippen LogP contribution < -0.4 is 10.9 Å². The van der Waals surface area contributed by atoms with Crippen LogP contribution in [0.2, 0.25) is 0 Å². The van der Waals surface area contributed by atoms with Crippen molar-refractivity contribution in [1.82, 2.24) is 9.97 Å². The number of anilines is 2. The molecule has 5 heteroatoms. The van der Waals surface area contributed by atoms with Crippen LogP contribution in [0.15, 0.2) is 60.7 Å². The van der Waals surface area contributed by atoms with Crippen LogP contribution in [-0.4, -0.2) is 15.8 Å². The van der Waals surface area contributed by atoms with Crippen LogP contribution in [0.25, 0.3) is 11.4 Å². The summed E-state index contributed by atoms with van der Waals surface area (Å²) in [4.78, 5) is 21.0. The Balaban J connectivity index is 1.98. The number of hydrazine groups is 1. The number of aromatic nitrogens is 2. The summed E-state index contributed by atoms with van der Waals surface area (Å²) in [6.07, 6.45) is 0. The highest BCUT2D eigenvalue weighted by Gasteiger charge is 2.16. The predicted octanol–water partition coefficient (Wildman–Crippen LogP) is 4.09. The van der Waals surface area contributed by atoms with Crippen molar-refractivity contribution in [2.75, 3.05) is 10.9 Å². The maximum Gasteiger partial charge on any atom is 0.165 e. The smallest absolute Gasteiger partial charge is 0.165 e. The standard InChI is InChI=1S/C19H18N4O/c1-13-17(14(2)24)19(23-22-16-11-7-4-8-12-16)21-18(20-13)15-9-5-3-6-10-15/h3-12,22H,1-2H3,(H,20,21,23). The van der Waals surface area contributed by atoms with Crippen LogP contribution in [0, 0.1) is 6.92 Å². The van der Waals surface area contributed by atoms with Crippen molar-refractivity contribution in [1.29, 1.82) is 0 Å². The SMILES string of the molecule is CC(=O)c1c(C)nc(-c2ccccc2)nc1NNc1ccccc1. The van der Waals surface area contributed by atoms with Gasteiger partial charge in [0.1, 0.15) is 0 Å². The predicted molar refractivity (Wildman–Crippen MR) is 95.9 cm³/mol. The van der Waals surface area contributed by atoms with Gasteiger partial charge in [-0.15, -0.1) is 0 Å². The topological polar surface area (TPSA) is 66.9 Å². The number of ketones is 1. The van der Waals surface area contributed by atoms with Gasteiger partial charge in [0, 0.05) is 5.56 Å². The molecule has 0 bridgehead atoms. The second-order valence-corrected chi connectivity index (χ2v) is 5.39. The normalized spacial score (nSPS) is 10.2. The number of para-hydroxylation sites is 1. The zero-order valence-electron chi connectivity index (χ0n) is 13.6. The van der Waals surface area contributed by atoms with Crippen molar-refractivity contribution in [2.45, 2.75) is 13.8 Å². The fraction of sp³-hybridized carbons (Fsp3) is 0.105. The minimum atomic E-state index is -0.0792. The molecular weight excluding hydrogens is 300 g/mol. The van der Waals surface area contributed by atoms with Gasteiger partial charge < -0.3 is 0 Å². The molecule has 0 amide bonds. The average Bonchev–Trinajstić information content (AvgIpc) is 2.60. The molecule has 1 heterocycles. The molecule has 0 aliphatic heterocycles. The van der Waals surface area contributed by atoms with E-state index in [2.05, 4.69) is 20.8 Å². The quantitative estimate of drug-likeness (QED) is 0.548. The van der Waals surface area contributed by atoms with E-state index < -0.39 is 0 Å². The van der Waals surface area contributed by atoms with Crippen LogP contribution in [-0.2, 0) is 0 Å². The van der Waals surface area contributed by atoms with Crippen LogP contribution in [0.1, 0.15) is 23.0 Å². The van der Waals surface area contributed by atoms with E-state index in [9.17, 15) is 4.79 Å². The Morgan fingerprint density at radius 2 is 1.50 bits per heavy atom. The van der Waals surface area contributed by atoms with Gasteiger partial charge in [0.15, 0.2) is 17.4 Å². The van der Waals surface area contributed by atoms with Gasteiger partial charge >= 0.3 is 0 Å². The van der Waals surface area contributed by atoms with E-state index in [4.69, 9.17) is 0 Å². The number of benzene rings is 2. The molecule has 1 aromatic heterocycles. The summed E-state index contributed by atoms with van der Waals surface area (Å²) in [6.45, 7) is 3.33. The molecule has 0 atom stereocenters. The van der Waals surface area contributed by atoms with Crippen molar-refractivity contribution in [3.63, 3.8) is 0 Å². The lowest BCUT2D eigenvalue weighted by Gasteiger charge is -2.14. The lowest BCUT2D eigenvalue weighted by atomic mass is 10.1. The van der Waals surface area contributed by atoms with Gasteiger partial charge in [-0.25, -0.2) is 9.97 Å². The zero-order chi connectivity index (χ0) is 16.9. The Labute approximate surface area is 140 Å². The molecule has 3 aromatic rings. The van der Waals surface area contributed by atoms with Gasteiger partial charge in [0.05, 0.1) is 16.9 Å². The minimum absolute atomic E-state index is 0.0792.